The van der Waals surface area contributed by atoms with Crippen LogP contribution in [0.25, 0.3) is 0 Å². The van der Waals surface area contributed by atoms with E-state index in [9.17, 15) is 5.11 Å². The van der Waals surface area contributed by atoms with Gasteiger partial charge >= 0.3 is 0 Å². The van der Waals surface area contributed by atoms with E-state index in [-0.39, 0.29) is 0 Å². The summed E-state index contributed by atoms with van der Waals surface area (Å²) in [4.78, 5) is 0. The SMILES string of the molecule is COCCNCC(C)(O)C1CCC(C)C(C)C1. The number of nitrogens with one attached hydrogen (secondary N) is 1. The fraction of sp³-hybridized carbons (Fsp3) is 1.00. The second kappa shape index (κ2) is 6.72. The van der Waals surface area contributed by atoms with Gasteiger partial charge in [0, 0.05) is 20.2 Å². The Kier molecular flexibility index (Phi) is 5.90. The molecule has 1 aliphatic carbocycles. The first-order valence-corrected chi connectivity index (χ1v) is 6.89. The predicted molar refractivity (Wildman–Crippen MR) is 71.0 cm³/mol. The zero-order chi connectivity index (χ0) is 12.9. The summed E-state index contributed by atoms with van der Waals surface area (Å²) in [6.07, 6.45) is 3.56. The topological polar surface area (TPSA) is 41.5 Å². The van der Waals surface area contributed by atoms with E-state index >= 15 is 0 Å². The molecule has 4 unspecified atom stereocenters. The number of hydrogen-bond donors (Lipinski definition) is 2. The maximum absolute atomic E-state index is 10.5. The van der Waals surface area contributed by atoms with Gasteiger partial charge in [0.2, 0.25) is 0 Å². The molecule has 3 heteroatoms. The lowest BCUT2D eigenvalue weighted by molar-refractivity contribution is -0.0312. The van der Waals surface area contributed by atoms with Crippen molar-refractivity contribution in [3.05, 3.63) is 0 Å². The van der Waals surface area contributed by atoms with Crippen molar-refractivity contribution in [1.29, 1.82) is 0 Å². The highest BCUT2D eigenvalue weighted by Crippen LogP contribution is 2.38. The van der Waals surface area contributed by atoms with Gasteiger partial charge in [0.25, 0.3) is 0 Å². The van der Waals surface area contributed by atoms with Gasteiger partial charge in [-0.3, -0.25) is 0 Å². The Morgan fingerprint density at radius 3 is 2.59 bits per heavy atom. The molecular weight excluding hydrogens is 214 g/mol. The van der Waals surface area contributed by atoms with Crippen LogP contribution in [0.2, 0.25) is 0 Å². The molecule has 1 rings (SSSR count). The minimum absolute atomic E-state index is 0.434. The lowest BCUT2D eigenvalue weighted by Crippen LogP contribution is -2.47. The van der Waals surface area contributed by atoms with E-state index in [1.54, 1.807) is 7.11 Å². The number of ether oxygens (including phenoxy) is 1. The average Bonchev–Trinajstić information content (AvgIpc) is 2.28. The summed E-state index contributed by atoms with van der Waals surface area (Å²) in [6.45, 7) is 8.79. The molecule has 0 aromatic carbocycles. The van der Waals surface area contributed by atoms with Crippen molar-refractivity contribution < 1.29 is 9.84 Å². The molecule has 17 heavy (non-hydrogen) atoms. The third-order valence-corrected chi connectivity index (χ3v) is 4.44. The van der Waals surface area contributed by atoms with Crippen molar-refractivity contribution in [1.82, 2.24) is 5.32 Å². The molecule has 4 atom stereocenters. The van der Waals surface area contributed by atoms with E-state index in [1.807, 2.05) is 6.92 Å². The Morgan fingerprint density at radius 1 is 1.29 bits per heavy atom. The van der Waals surface area contributed by atoms with Crippen LogP contribution >= 0.6 is 0 Å². The van der Waals surface area contributed by atoms with Crippen molar-refractivity contribution in [3.8, 4) is 0 Å². The summed E-state index contributed by atoms with van der Waals surface area (Å²) < 4.78 is 4.99. The van der Waals surface area contributed by atoms with Gasteiger partial charge in [-0.15, -0.1) is 0 Å². The van der Waals surface area contributed by atoms with E-state index in [4.69, 9.17) is 4.74 Å². The fourth-order valence-electron chi connectivity index (χ4n) is 2.77. The van der Waals surface area contributed by atoms with Crippen molar-refractivity contribution in [2.24, 2.45) is 17.8 Å². The molecule has 0 aromatic heterocycles. The monoisotopic (exact) mass is 243 g/mol. The highest BCUT2D eigenvalue weighted by atomic mass is 16.5. The molecule has 1 saturated carbocycles. The Labute approximate surface area is 106 Å². The summed E-state index contributed by atoms with van der Waals surface area (Å²) in [6, 6.07) is 0. The third-order valence-electron chi connectivity index (χ3n) is 4.44. The van der Waals surface area contributed by atoms with Gasteiger partial charge in [0.15, 0.2) is 0 Å². The lowest BCUT2D eigenvalue weighted by atomic mass is 9.70. The van der Waals surface area contributed by atoms with E-state index in [2.05, 4.69) is 19.2 Å². The van der Waals surface area contributed by atoms with Crippen molar-refractivity contribution in [2.45, 2.75) is 45.6 Å². The minimum atomic E-state index is -0.581. The van der Waals surface area contributed by atoms with Crippen LogP contribution < -0.4 is 5.32 Å². The Bertz CT molecular complexity index is 218. The predicted octanol–water partition coefficient (Wildman–Crippen LogP) is 2.05. The summed E-state index contributed by atoms with van der Waals surface area (Å²) in [5, 5.41) is 13.8. The maximum atomic E-state index is 10.5. The molecule has 1 aliphatic rings. The first kappa shape index (κ1) is 14.9. The molecule has 0 aromatic rings. The van der Waals surface area contributed by atoms with Crippen molar-refractivity contribution >= 4 is 0 Å². The summed E-state index contributed by atoms with van der Waals surface area (Å²) in [5.74, 6) is 1.98. The van der Waals surface area contributed by atoms with Crippen LogP contribution in [0.3, 0.4) is 0 Å². The van der Waals surface area contributed by atoms with Gasteiger partial charge in [0.1, 0.15) is 0 Å². The maximum Gasteiger partial charge on any atom is 0.0771 e. The van der Waals surface area contributed by atoms with Gasteiger partial charge in [-0.2, -0.15) is 0 Å². The summed E-state index contributed by atoms with van der Waals surface area (Å²) in [7, 11) is 1.70. The van der Waals surface area contributed by atoms with E-state index < -0.39 is 5.60 Å². The Hall–Kier alpha value is -0.120. The van der Waals surface area contributed by atoms with Crippen LogP contribution in [0.15, 0.2) is 0 Å². The van der Waals surface area contributed by atoms with Gasteiger partial charge in [-0.05, 0) is 37.5 Å². The first-order chi connectivity index (χ1) is 7.97. The summed E-state index contributed by atoms with van der Waals surface area (Å²) in [5.41, 5.74) is -0.581. The van der Waals surface area contributed by atoms with E-state index in [1.165, 1.54) is 6.42 Å². The van der Waals surface area contributed by atoms with Crippen LogP contribution in [0.5, 0.6) is 0 Å². The smallest absolute Gasteiger partial charge is 0.0771 e. The number of rotatable bonds is 6. The molecule has 0 aliphatic heterocycles. The van der Waals surface area contributed by atoms with Gasteiger partial charge in [-0.1, -0.05) is 20.3 Å². The lowest BCUT2D eigenvalue weighted by Gasteiger charge is -2.40. The highest BCUT2D eigenvalue weighted by Gasteiger charge is 2.36. The zero-order valence-corrected chi connectivity index (χ0v) is 11.8. The molecule has 102 valence electrons. The minimum Gasteiger partial charge on any atom is -0.389 e. The zero-order valence-electron chi connectivity index (χ0n) is 11.8. The van der Waals surface area contributed by atoms with E-state index in [0.29, 0.717) is 19.1 Å². The van der Waals surface area contributed by atoms with Gasteiger partial charge < -0.3 is 15.2 Å². The number of methoxy groups -OCH3 is 1. The molecule has 0 spiro atoms. The molecule has 2 N–H and O–H groups in total. The fourth-order valence-corrected chi connectivity index (χ4v) is 2.77. The Balaban J connectivity index is 2.36. The second-order valence-electron chi connectivity index (χ2n) is 5.99. The molecule has 0 saturated heterocycles. The standard InChI is InChI=1S/C14H29NO2/c1-11-5-6-13(9-12(11)2)14(3,16)10-15-7-8-17-4/h11-13,15-16H,5-10H2,1-4H3. The molecule has 0 amide bonds. The molecule has 0 radical (unpaired) electrons. The molecule has 1 fully saturated rings. The van der Waals surface area contributed by atoms with E-state index in [0.717, 1.165) is 31.2 Å². The third kappa shape index (κ3) is 4.57. The molecule has 0 heterocycles. The van der Waals surface area contributed by atoms with Gasteiger partial charge in [0.05, 0.1) is 12.2 Å². The van der Waals surface area contributed by atoms with Crippen molar-refractivity contribution in [3.63, 3.8) is 0 Å². The normalized spacial score (nSPS) is 33.4. The van der Waals surface area contributed by atoms with Gasteiger partial charge in [-0.25, -0.2) is 0 Å². The van der Waals surface area contributed by atoms with Crippen LogP contribution in [-0.2, 0) is 4.74 Å². The quantitative estimate of drug-likeness (QED) is 0.702. The van der Waals surface area contributed by atoms with Crippen LogP contribution in [-0.4, -0.2) is 37.5 Å². The molecule has 3 nitrogen and oxygen atoms in total. The molecule has 0 bridgehead atoms. The van der Waals surface area contributed by atoms with Crippen molar-refractivity contribution in [2.75, 3.05) is 26.8 Å². The average molecular weight is 243 g/mol. The number of aliphatic hydroxyl groups is 1. The second-order valence-corrected chi connectivity index (χ2v) is 5.99. The highest BCUT2D eigenvalue weighted by molar-refractivity contribution is 4.89. The first-order valence-electron chi connectivity index (χ1n) is 6.89. The molecular formula is C14H29NO2. The largest absolute Gasteiger partial charge is 0.389 e. The number of hydrogen-bond acceptors (Lipinski definition) is 3. The van der Waals surface area contributed by atoms with Crippen LogP contribution in [0, 0.1) is 17.8 Å². The Morgan fingerprint density at radius 2 is 2.00 bits per heavy atom. The van der Waals surface area contributed by atoms with Crippen LogP contribution in [0.4, 0.5) is 0 Å². The summed E-state index contributed by atoms with van der Waals surface area (Å²) >= 11 is 0. The van der Waals surface area contributed by atoms with Crippen LogP contribution in [0.1, 0.15) is 40.0 Å².